The Bertz CT molecular complexity index is 703. The lowest BCUT2D eigenvalue weighted by atomic mass is 10.1. The molecule has 2 heteroatoms. The number of benzene rings is 2. The zero-order chi connectivity index (χ0) is 13.2. The first-order valence-electron chi connectivity index (χ1n) is 6.58. The molecule has 0 aliphatic rings. The van der Waals surface area contributed by atoms with Crippen LogP contribution in [0.15, 0.2) is 54.6 Å². The van der Waals surface area contributed by atoms with Crippen LogP contribution in [0.5, 0.6) is 0 Å². The maximum atomic E-state index is 4.76. The van der Waals surface area contributed by atoms with Crippen molar-refractivity contribution >= 4 is 10.9 Å². The summed E-state index contributed by atoms with van der Waals surface area (Å²) < 4.78 is 0. The molecule has 0 aliphatic heterocycles. The van der Waals surface area contributed by atoms with Crippen LogP contribution in [0, 0.1) is 0 Å². The average Bonchev–Trinajstić information content (AvgIpc) is 2.47. The molecule has 94 valence electrons. The molecule has 0 atom stereocenters. The Labute approximate surface area is 113 Å². The maximum absolute atomic E-state index is 4.76. The summed E-state index contributed by atoms with van der Waals surface area (Å²) in [5, 5.41) is 1.11. The van der Waals surface area contributed by atoms with E-state index in [0.717, 1.165) is 28.0 Å². The van der Waals surface area contributed by atoms with Crippen LogP contribution in [0.2, 0.25) is 0 Å². The van der Waals surface area contributed by atoms with Gasteiger partial charge in [0.25, 0.3) is 0 Å². The van der Waals surface area contributed by atoms with Crippen LogP contribution < -0.4 is 0 Å². The molecule has 3 aromatic rings. The summed E-state index contributed by atoms with van der Waals surface area (Å²) in [4.78, 5) is 9.41. The van der Waals surface area contributed by atoms with Crippen LogP contribution in [-0.2, 0) is 0 Å². The van der Waals surface area contributed by atoms with E-state index in [1.165, 1.54) is 0 Å². The Morgan fingerprint density at radius 2 is 1.47 bits per heavy atom. The maximum Gasteiger partial charge on any atom is 0.132 e. The van der Waals surface area contributed by atoms with Gasteiger partial charge in [-0.1, -0.05) is 62.4 Å². The van der Waals surface area contributed by atoms with E-state index < -0.39 is 0 Å². The summed E-state index contributed by atoms with van der Waals surface area (Å²) in [5.41, 5.74) is 3.18. The van der Waals surface area contributed by atoms with Gasteiger partial charge in [0.15, 0.2) is 0 Å². The number of rotatable bonds is 2. The van der Waals surface area contributed by atoms with Gasteiger partial charge in [-0.05, 0) is 6.07 Å². The van der Waals surface area contributed by atoms with Gasteiger partial charge in [-0.2, -0.15) is 0 Å². The van der Waals surface area contributed by atoms with E-state index in [2.05, 4.69) is 43.1 Å². The smallest absolute Gasteiger partial charge is 0.132 e. The third kappa shape index (κ3) is 2.22. The lowest BCUT2D eigenvalue weighted by Crippen LogP contribution is -2.00. The van der Waals surface area contributed by atoms with Crippen LogP contribution in [0.4, 0.5) is 0 Å². The van der Waals surface area contributed by atoms with Crippen molar-refractivity contribution in [1.29, 1.82) is 0 Å². The van der Waals surface area contributed by atoms with Gasteiger partial charge in [-0.15, -0.1) is 0 Å². The number of nitrogens with zero attached hydrogens (tertiary/aromatic N) is 2. The van der Waals surface area contributed by atoms with E-state index in [9.17, 15) is 0 Å². The van der Waals surface area contributed by atoms with Gasteiger partial charge in [0, 0.05) is 16.9 Å². The van der Waals surface area contributed by atoms with E-state index in [1.807, 2.05) is 30.3 Å². The van der Waals surface area contributed by atoms with Crippen molar-refractivity contribution in [3.63, 3.8) is 0 Å². The zero-order valence-electron chi connectivity index (χ0n) is 11.2. The lowest BCUT2D eigenvalue weighted by molar-refractivity contribution is 0.784. The Balaban J connectivity index is 2.33. The van der Waals surface area contributed by atoms with Crippen LogP contribution in [-0.4, -0.2) is 9.97 Å². The second-order valence-electron chi connectivity index (χ2n) is 4.97. The van der Waals surface area contributed by atoms with Crippen molar-refractivity contribution in [1.82, 2.24) is 9.97 Å². The molecule has 0 saturated carbocycles. The molecule has 2 nitrogen and oxygen atoms in total. The summed E-state index contributed by atoms with van der Waals surface area (Å²) in [6, 6.07) is 18.5. The quantitative estimate of drug-likeness (QED) is 0.671. The van der Waals surface area contributed by atoms with E-state index >= 15 is 0 Å². The summed E-state index contributed by atoms with van der Waals surface area (Å²) >= 11 is 0. The van der Waals surface area contributed by atoms with Gasteiger partial charge in [0.2, 0.25) is 0 Å². The summed E-state index contributed by atoms with van der Waals surface area (Å²) in [6.07, 6.45) is 0. The van der Waals surface area contributed by atoms with Crippen molar-refractivity contribution in [2.45, 2.75) is 19.8 Å². The molecule has 0 spiro atoms. The SMILES string of the molecule is CC(C)c1nc(-c2ccccc2)c2ccccc2n1. The molecule has 0 amide bonds. The van der Waals surface area contributed by atoms with Gasteiger partial charge in [-0.25, -0.2) is 9.97 Å². The molecule has 0 N–H and O–H groups in total. The predicted molar refractivity (Wildman–Crippen MR) is 79.1 cm³/mol. The normalized spacial score (nSPS) is 11.1. The number of hydrogen-bond donors (Lipinski definition) is 0. The van der Waals surface area contributed by atoms with Crippen LogP contribution in [0.3, 0.4) is 0 Å². The number of para-hydroxylation sites is 1. The largest absolute Gasteiger partial charge is 0.233 e. The monoisotopic (exact) mass is 248 g/mol. The van der Waals surface area contributed by atoms with Gasteiger partial charge in [0.05, 0.1) is 11.2 Å². The molecule has 0 unspecified atom stereocenters. The third-order valence-corrected chi connectivity index (χ3v) is 3.18. The first kappa shape index (κ1) is 11.8. The number of hydrogen-bond acceptors (Lipinski definition) is 2. The molecule has 0 fully saturated rings. The Hall–Kier alpha value is -2.22. The molecule has 0 radical (unpaired) electrons. The Kier molecular flexibility index (Phi) is 3.00. The van der Waals surface area contributed by atoms with Gasteiger partial charge >= 0.3 is 0 Å². The fourth-order valence-electron chi connectivity index (χ4n) is 2.17. The van der Waals surface area contributed by atoms with Crippen molar-refractivity contribution in [3.8, 4) is 11.3 Å². The van der Waals surface area contributed by atoms with Crippen LogP contribution in [0.1, 0.15) is 25.6 Å². The molecule has 1 heterocycles. The molecule has 0 saturated heterocycles. The van der Waals surface area contributed by atoms with Gasteiger partial charge in [0.1, 0.15) is 5.82 Å². The summed E-state index contributed by atoms with van der Waals surface area (Å²) in [7, 11) is 0. The number of fused-ring (bicyclic) bond motifs is 1. The minimum absolute atomic E-state index is 0.326. The second kappa shape index (κ2) is 4.81. The highest BCUT2D eigenvalue weighted by atomic mass is 14.9. The van der Waals surface area contributed by atoms with Crippen LogP contribution >= 0.6 is 0 Å². The van der Waals surface area contributed by atoms with Crippen molar-refractivity contribution in [2.24, 2.45) is 0 Å². The lowest BCUT2D eigenvalue weighted by Gasteiger charge is -2.10. The highest BCUT2D eigenvalue weighted by Gasteiger charge is 2.11. The minimum atomic E-state index is 0.326. The second-order valence-corrected chi connectivity index (χ2v) is 4.97. The van der Waals surface area contributed by atoms with Crippen LogP contribution in [0.25, 0.3) is 22.2 Å². The topological polar surface area (TPSA) is 25.8 Å². The molecule has 0 bridgehead atoms. The van der Waals surface area contributed by atoms with Gasteiger partial charge < -0.3 is 0 Å². The van der Waals surface area contributed by atoms with Crippen molar-refractivity contribution in [3.05, 3.63) is 60.4 Å². The third-order valence-electron chi connectivity index (χ3n) is 3.18. The Morgan fingerprint density at radius 3 is 2.21 bits per heavy atom. The average molecular weight is 248 g/mol. The molecule has 19 heavy (non-hydrogen) atoms. The highest BCUT2D eigenvalue weighted by molar-refractivity contribution is 5.92. The van der Waals surface area contributed by atoms with E-state index in [1.54, 1.807) is 0 Å². The molecule has 1 aromatic heterocycles. The highest BCUT2D eigenvalue weighted by Crippen LogP contribution is 2.27. The Morgan fingerprint density at radius 1 is 0.789 bits per heavy atom. The summed E-state index contributed by atoms with van der Waals surface area (Å²) in [5.74, 6) is 1.23. The van der Waals surface area contributed by atoms with E-state index in [4.69, 9.17) is 4.98 Å². The molecule has 2 aromatic carbocycles. The molecule has 3 rings (SSSR count). The van der Waals surface area contributed by atoms with Gasteiger partial charge in [-0.3, -0.25) is 0 Å². The standard InChI is InChI=1S/C17H16N2/c1-12(2)17-18-15-11-7-6-10-14(15)16(19-17)13-8-4-3-5-9-13/h3-12H,1-2H3. The zero-order valence-corrected chi connectivity index (χ0v) is 11.2. The van der Waals surface area contributed by atoms with E-state index in [0.29, 0.717) is 5.92 Å². The molecular weight excluding hydrogens is 232 g/mol. The first-order valence-corrected chi connectivity index (χ1v) is 6.58. The minimum Gasteiger partial charge on any atom is -0.233 e. The van der Waals surface area contributed by atoms with E-state index in [-0.39, 0.29) is 0 Å². The fraction of sp³-hybridized carbons (Fsp3) is 0.176. The fourth-order valence-corrected chi connectivity index (χ4v) is 2.17. The number of aromatic nitrogens is 2. The molecule has 0 aliphatic carbocycles. The van der Waals surface area contributed by atoms with Crippen molar-refractivity contribution in [2.75, 3.05) is 0 Å². The predicted octanol–water partition coefficient (Wildman–Crippen LogP) is 4.42. The first-order chi connectivity index (χ1) is 9.25. The molecular formula is C17H16N2. The summed E-state index contributed by atoms with van der Waals surface area (Å²) in [6.45, 7) is 4.25. The van der Waals surface area contributed by atoms with Crippen molar-refractivity contribution < 1.29 is 0 Å².